The van der Waals surface area contributed by atoms with Gasteiger partial charge in [-0.3, -0.25) is 9.40 Å². The molecular formula is C25H23N5O3S. The van der Waals surface area contributed by atoms with E-state index < -0.39 is 16.6 Å². The maximum absolute atomic E-state index is 11.9. The summed E-state index contributed by atoms with van der Waals surface area (Å²) in [5.41, 5.74) is 6.23. The number of sulfonamides is 1. The number of nitrogens with zero attached hydrogens (tertiary/aromatic N) is 3. The summed E-state index contributed by atoms with van der Waals surface area (Å²) in [6.07, 6.45) is 7.60. The van der Waals surface area contributed by atoms with Crippen molar-refractivity contribution < 1.29 is 13.5 Å². The zero-order valence-corrected chi connectivity index (χ0v) is 19.0. The van der Waals surface area contributed by atoms with Crippen molar-refractivity contribution in [2.24, 2.45) is 0 Å². The Labute approximate surface area is 197 Å². The highest BCUT2D eigenvalue weighted by Gasteiger charge is 2.12. The molecule has 0 aliphatic carbocycles. The Morgan fingerprint density at radius 2 is 1.76 bits per heavy atom. The molecule has 0 amide bonds. The lowest BCUT2D eigenvalue weighted by atomic mass is 10.0. The number of rotatable bonds is 8. The van der Waals surface area contributed by atoms with E-state index in [1.54, 1.807) is 18.3 Å². The van der Waals surface area contributed by atoms with Crippen molar-refractivity contribution in [1.29, 1.82) is 0 Å². The monoisotopic (exact) mass is 473 g/mol. The molecule has 0 spiro atoms. The average Bonchev–Trinajstić information content (AvgIpc) is 3.46. The third-order valence-corrected chi connectivity index (χ3v) is 6.78. The topological polar surface area (TPSA) is 113 Å². The fourth-order valence-corrected chi connectivity index (χ4v) is 4.68. The third-order valence-electron chi connectivity index (χ3n) is 5.51. The largest absolute Gasteiger partial charge is 0.395 e. The molecular weight excluding hydrogens is 450 g/mol. The minimum Gasteiger partial charge on any atom is -0.395 e. The van der Waals surface area contributed by atoms with Crippen molar-refractivity contribution in [3.8, 4) is 22.3 Å². The van der Waals surface area contributed by atoms with Crippen molar-refractivity contribution >= 4 is 26.7 Å². The number of anilines is 1. The number of aromatic amines is 1. The summed E-state index contributed by atoms with van der Waals surface area (Å²) in [4.78, 5) is 7.79. The molecule has 172 valence electrons. The molecule has 3 heterocycles. The molecule has 34 heavy (non-hydrogen) atoms. The smallest absolute Gasteiger partial charge is 0.234 e. The zero-order valence-electron chi connectivity index (χ0n) is 18.2. The van der Waals surface area contributed by atoms with Crippen LogP contribution in [0.3, 0.4) is 0 Å². The first-order valence-corrected chi connectivity index (χ1v) is 12.4. The third kappa shape index (κ3) is 4.70. The van der Waals surface area contributed by atoms with Gasteiger partial charge in [0, 0.05) is 46.4 Å². The molecule has 5 rings (SSSR count). The number of benzene rings is 2. The first-order valence-electron chi connectivity index (χ1n) is 10.8. The molecule has 0 saturated heterocycles. The van der Waals surface area contributed by atoms with Gasteiger partial charge in [-0.2, -0.15) is 5.10 Å². The van der Waals surface area contributed by atoms with Crippen molar-refractivity contribution in [1.82, 2.24) is 19.7 Å². The summed E-state index contributed by atoms with van der Waals surface area (Å²) in [5, 5.41) is 14.4. The summed E-state index contributed by atoms with van der Waals surface area (Å²) in [6, 6.07) is 19.3. The van der Waals surface area contributed by atoms with Gasteiger partial charge in [0.1, 0.15) is 5.65 Å². The SMILES string of the molecule is O=S(=O)(CCO)Nc1ccc(-c2cnc3[nH]cc(-c4cnn(Cc5ccccc5)c4)c3c2)cc1. The number of nitrogens with one attached hydrogen (secondary N) is 2. The van der Waals surface area contributed by atoms with Gasteiger partial charge in [0.05, 0.1) is 25.1 Å². The molecule has 0 saturated carbocycles. The Morgan fingerprint density at radius 3 is 2.53 bits per heavy atom. The van der Waals surface area contributed by atoms with Gasteiger partial charge in [-0.15, -0.1) is 0 Å². The highest BCUT2D eigenvalue weighted by molar-refractivity contribution is 7.92. The van der Waals surface area contributed by atoms with Gasteiger partial charge in [-0.1, -0.05) is 42.5 Å². The Balaban J connectivity index is 1.41. The van der Waals surface area contributed by atoms with E-state index in [1.165, 1.54) is 5.56 Å². The van der Waals surface area contributed by atoms with Crippen LogP contribution in [0.1, 0.15) is 5.56 Å². The summed E-state index contributed by atoms with van der Waals surface area (Å²) in [7, 11) is -3.56. The van der Waals surface area contributed by atoms with Crippen LogP contribution in [0.5, 0.6) is 0 Å². The van der Waals surface area contributed by atoms with Crippen molar-refractivity contribution in [3.63, 3.8) is 0 Å². The molecule has 3 aromatic heterocycles. The van der Waals surface area contributed by atoms with Crippen LogP contribution in [-0.4, -0.2) is 45.6 Å². The lowest BCUT2D eigenvalue weighted by Gasteiger charge is -2.08. The molecule has 0 radical (unpaired) electrons. The second-order valence-electron chi connectivity index (χ2n) is 7.96. The van der Waals surface area contributed by atoms with Crippen LogP contribution in [-0.2, 0) is 16.6 Å². The summed E-state index contributed by atoms with van der Waals surface area (Å²) < 4.78 is 28.1. The molecule has 9 heteroatoms. The molecule has 8 nitrogen and oxygen atoms in total. The summed E-state index contributed by atoms with van der Waals surface area (Å²) >= 11 is 0. The van der Waals surface area contributed by atoms with E-state index in [2.05, 4.69) is 38.0 Å². The van der Waals surface area contributed by atoms with Gasteiger partial charge in [0.2, 0.25) is 10.0 Å². The molecule has 0 bridgehead atoms. The van der Waals surface area contributed by atoms with Gasteiger partial charge in [0.25, 0.3) is 0 Å². The molecule has 0 aliphatic rings. The maximum atomic E-state index is 11.9. The number of fused-ring (bicyclic) bond motifs is 1. The highest BCUT2D eigenvalue weighted by Crippen LogP contribution is 2.31. The van der Waals surface area contributed by atoms with Crippen molar-refractivity contribution in [2.45, 2.75) is 6.54 Å². The van der Waals surface area contributed by atoms with Crippen LogP contribution < -0.4 is 4.72 Å². The fraction of sp³-hybridized carbons (Fsp3) is 0.120. The second-order valence-corrected chi connectivity index (χ2v) is 9.80. The Bertz CT molecular complexity index is 1520. The van der Waals surface area contributed by atoms with Gasteiger partial charge >= 0.3 is 0 Å². The van der Waals surface area contributed by atoms with E-state index in [9.17, 15) is 8.42 Å². The summed E-state index contributed by atoms with van der Waals surface area (Å²) in [6.45, 7) is 0.268. The minimum atomic E-state index is -3.56. The first-order chi connectivity index (χ1) is 16.5. The molecule has 0 atom stereocenters. The number of aromatic nitrogens is 4. The Morgan fingerprint density at radius 1 is 0.971 bits per heavy atom. The van der Waals surface area contributed by atoms with Gasteiger partial charge in [0.15, 0.2) is 0 Å². The van der Waals surface area contributed by atoms with E-state index in [1.807, 2.05) is 53.6 Å². The van der Waals surface area contributed by atoms with E-state index in [0.717, 1.165) is 33.3 Å². The van der Waals surface area contributed by atoms with E-state index in [4.69, 9.17) is 5.11 Å². The van der Waals surface area contributed by atoms with Crippen LogP contribution in [0, 0.1) is 0 Å². The molecule has 0 fully saturated rings. The Hall–Kier alpha value is -3.95. The van der Waals surface area contributed by atoms with Gasteiger partial charge < -0.3 is 10.1 Å². The second kappa shape index (κ2) is 9.12. The molecule has 2 aromatic carbocycles. The lowest BCUT2D eigenvalue weighted by molar-refractivity contribution is 0.320. The number of H-pyrrole nitrogens is 1. The van der Waals surface area contributed by atoms with Gasteiger partial charge in [-0.05, 0) is 29.3 Å². The molecule has 0 unspecified atom stereocenters. The predicted molar refractivity (Wildman–Crippen MR) is 133 cm³/mol. The van der Waals surface area contributed by atoms with Crippen LogP contribution in [0.15, 0.2) is 85.5 Å². The number of hydrogen-bond acceptors (Lipinski definition) is 5. The van der Waals surface area contributed by atoms with E-state index in [0.29, 0.717) is 12.2 Å². The lowest BCUT2D eigenvalue weighted by Crippen LogP contribution is -2.18. The number of pyridine rings is 1. The van der Waals surface area contributed by atoms with E-state index in [-0.39, 0.29) is 5.75 Å². The average molecular weight is 474 g/mol. The molecule has 0 aliphatic heterocycles. The normalized spacial score (nSPS) is 11.7. The number of aliphatic hydroxyl groups excluding tert-OH is 1. The van der Waals surface area contributed by atoms with Crippen LogP contribution in [0.4, 0.5) is 5.69 Å². The standard InChI is InChI=1S/C25H23N5O3S/c31-10-11-34(32,33)29-22-8-6-19(7-9-22)20-12-23-24(15-27-25(23)26-13-20)21-14-28-30(17-21)16-18-4-2-1-3-5-18/h1-9,12-15,17,29,31H,10-11,16H2,(H,26,27). The fourth-order valence-electron chi connectivity index (χ4n) is 3.84. The van der Waals surface area contributed by atoms with E-state index >= 15 is 0 Å². The molecule has 5 aromatic rings. The highest BCUT2D eigenvalue weighted by atomic mass is 32.2. The van der Waals surface area contributed by atoms with Crippen molar-refractivity contribution in [3.05, 3.63) is 91.0 Å². The maximum Gasteiger partial charge on any atom is 0.234 e. The summed E-state index contributed by atoms with van der Waals surface area (Å²) in [5.74, 6) is -0.340. The Kier molecular flexibility index (Phi) is 5.87. The molecule has 3 N–H and O–H groups in total. The van der Waals surface area contributed by atoms with Crippen LogP contribution >= 0.6 is 0 Å². The van der Waals surface area contributed by atoms with Crippen LogP contribution in [0.25, 0.3) is 33.3 Å². The predicted octanol–water partition coefficient (Wildman–Crippen LogP) is 3.88. The quantitative estimate of drug-likeness (QED) is 0.317. The van der Waals surface area contributed by atoms with Crippen LogP contribution in [0.2, 0.25) is 0 Å². The minimum absolute atomic E-state index is 0.340. The van der Waals surface area contributed by atoms with Gasteiger partial charge in [-0.25, -0.2) is 13.4 Å². The number of aliphatic hydroxyl groups is 1. The number of hydrogen-bond donors (Lipinski definition) is 3. The zero-order chi connectivity index (χ0) is 23.5. The first kappa shape index (κ1) is 21.9. The van der Waals surface area contributed by atoms with Crippen molar-refractivity contribution in [2.75, 3.05) is 17.1 Å².